The summed E-state index contributed by atoms with van der Waals surface area (Å²) in [5.74, 6) is 1.46. The molecule has 3 nitrogen and oxygen atoms in total. The van der Waals surface area contributed by atoms with Crippen molar-refractivity contribution in [3.63, 3.8) is 0 Å². The molecule has 1 fully saturated rings. The summed E-state index contributed by atoms with van der Waals surface area (Å²) >= 11 is 1.69. The Hall–Kier alpha value is -0.900. The monoisotopic (exact) mass is 278 g/mol. The van der Waals surface area contributed by atoms with Gasteiger partial charge in [-0.05, 0) is 50.4 Å². The number of aromatic nitrogens is 1. The molecule has 0 bridgehead atoms. The van der Waals surface area contributed by atoms with E-state index in [-0.39, 0.29) is 5.91 Å². The first kappa shape index (κ1) is 13.1. The molecule has 0 saturated heterocycles. The van der Waals surface area contributed by atoms with Gasteiger partial charge in [-0.1, -0.05) is 13.3 Å². The van der Waals surface area contributed by atoms with Gasteiger partial charge in [-0.2, -0.15) is 0 Å². The maximum Gasteiger partial charge on any atom is 0.226 e. The highest BCUT2D eigenvalue weighted by atomic mass is 32.1. The van der Waals surface area contributed by atoms with Gasteiger partial charge in [0.1, 0.15) is 0 Å². The number of rotatable bonds is 4. The molecular formula is C15H22N2OS. The molecule has 104 valence electrons. The van der Waals surface area contributed by atoms with Crippen LogP contribution >= 0.6 is 11.3 Å². The third-order valence-electron chi connectivity index (χ3n) is 4.28. The van der Waals surface area contributed by atoms with Crippen molar-refractivity contribution in [1.82, 2.24) is 4.98 Å². The summed E-state index contributed by atoms with van der Waals surface area (Å²) in [6.45, 7) is 2.19. The van der Waals surface area contributed by atoms with Gasteiger partial charge < -0.3 is 5.32 Å². The quantitative estimate of drug-likeness (QED) is 0.851. The van der Waals surface area contributed by atoms with E-state index in [1.165, 1.54) is 42.7 Å². The Kier molecular flexibility index (Phi) is 3.87. The Morgan fingerprint density at radius 1 is 1.37 bits per heavy atom. The van der Waals surface area contributed by atoms with Crippen LogP contribution in [0.3, 0.4) is 0 Å². The zero-order valence-electron chi connectivity index (χ0n) is 11.6. The summed E-state index contributed by atoms with van der Waals surface area (Å²) in [5, 5.41) is 3.82. The van der Waals surface area contributed by atoms with Gasteiger partial charge in [0, 0.05) is 11.3 Å². The number of nitrogens with zero attached hydrogens (tertiary/aromatic N) is 1. The van der Waals surface area contributed by atoms with E-state index in [4.69, 9.17) is 0 Å². The molecule has 1 heterocycles. The molecule has 0 radical (unpaired) electrons. The van der Waals surface area contributed by atoms with E-state index in [2.05, 4.69) is 17.2 Å². The van der Waals surface area contributed by atoms with Crippen molar-refractivity contribution in [3.8, 4) is 0 Å². The van der Waals surface area contributed by atoms with E-state index in [9.17, 15) is 4.79 Å². The van der Waals surface area contributed by atoms with E-state index in [1.807, 2.05) is 0 Å². The highest BCUT2D eigenvalue weighted by Crippen LogP contribution is 2.38. The van der Waals surface area contributed by atoms with Crippen molar-refractivity contribution < 1.29 is 4.79 Å². The lowest BCUT2D eigenvalue weighted by Crippen LogP contribution is -2.15. The zero-order valence-corrected chi connectivity index (χ0v) is 12.4. The lowest BCUT2D eigenvalue weighted by molar-refractivity contribution is -0.117. The number of carbonyl (C=O) groups is 1. The average Bonchev–Trinajstić information content (AvgIpc) is 3.16. The van der Waals surface area contributed by atoms with Crippen LogP contribution in [-0.4, -0.2) is 10.9 Å². The first-order chi connectivity index (χ1) is 9.22. The van der Waals surface area contributed by atoms with Crippen LogP contribution in [0, 0.1) is 11.8 Å². The molecule has 2 aliphatic carbocycles. The van der Waals surface area contributed by atoms with E-state index < -0.39 is 0 Å². The number of fused-ring (bicyclic) bond motifs is 1. The van der Waals surface area contributed by atoms with E-state index in [1.54, 1.807) is 11.3 Å². The number of anilines is 1. The third-order valence-corrected chi connectivity index (χ3v) is 5.35. The maximum atomic E-state index is 12.0. The highest BCUT2D eigenvalue weighted by Gasteiger charge is 2.29. The Balaban J connectivity index is 1.58. The van der Waals surface area contributed by atoms with Gasteiger partial charge >= 0.3 is 0 Å². The van der Waals surface area contributed by atoms with E-state index in [0.717, 1.165) is 23.9 Å². The second kappa shape index (κ2) is 5.61. The molecule has 1 saturated carbocycles. The summed E-state index contributed by atoms with van der Waals surface area (Å²) in [6, 6.07) is 0. The minimum absolute atomic E-state index is 0.142. The fourth-order valence-corrected chi connectivity index (χ4v) is 3.94. The van der Waals surface area contributed by atoms with E-state index >= 15 is 0 Å². The van der Waals surface area contributed by atoms with Crippen LogP contribution in [0.5, 0.6) is 0 Å². The van der Waals surface area contributed by atoms with Crippen molar-refractivity contribution in [2.45, 2.75) is 58.3 Å². The molecule has 3 rings (SSSR count). The van der Waals surface area contributed by atoms with Gasteiger partial charge in [-0.25, -0.2) is 4.98 Å². The van der Waals surface area contributed by atoms with Gasteiger partial charge in [0.25, 0.3) is 0 Å². The molecule has 0 aliphatic heterocycles. The second-order valence-corrected chi connectivity index (χ2v) is 7.10. The van der Waals surface area contributed by atoms with Crippen LogP contribution in [0.4, 0.5) is 5.13 Å². The summed E-state index contributed by atoms with van der Waals surface area (Å²) in [6.07, 6.45) is 9.30. The fourth-order valence-electron chi connectivity index (χ4n) is 2.88. The van der Waals surface area contributed by atoms with Crippen molar-refractivity contribution in [2.24, 2.45) is 11.8 Å². The molecule has 19 heavy (non-hydrogen) atoms. The van der Waals surface area contributed by atoms with Crippen molar-refractivity contribution in [1.29, 1.82) is 0 Å². The van der Waals surface area contributed by atoms with Gasteiger partial charge in [0.2, 0.25) is 5.91 Å². The number of nitrogens with one attached hydrogen (secondary N) is 1. The molecular weight excluding hydrogens is 256 g/mol. The lowest BCUT2D eigenvalue weighted by Gasteiger charge is -2.08. The number of aryl methyl sites for hydroxylation is 2. The molecule has 1 atom stereocenters. The topological polar surface area (TPSA) is 42.0 Å². The van der Waals surface area contributed by atoms with Crippen molar-refractivity contribution >= 4 is 22.4 Å². The van der Waals surface area contributed by atoms with Crippen molar-refractivity contribution in [2.75, 3.05) is 5.32 Å². The summed E-state index contributed by atoms with van der Waals surface area (Å²) in [5.41, 5.74) is 1.23. The zero-order chi connectivity index (χ0) is 13.2. The smallest absolute Gasteiger partial charge is 0.226 e. The SMILES string of the molecule is CC(CC(=O)Nc1nc2c(s1)CCCCC2)C1CC1. The molecule has 1 unspecified atom stereocenters. The summed E-state index contributed by atoms with van der Waals surface area (Å²) in [7, 11) is 0. The number of hydrogen-bond donors (Lipinski definition) is 1. The van der Waals surface area contributed by atoms with Crippen molar-refractivity contribution in [3.05, 3.63) is 10.6 Å². The number of hydrogen-bond acceptors (Lipinski definition) is 3. The Bertz CT molecular complexity index is 441. The molecule has 1 amide bonds. The van der Waals surface area contributed by atoms with Crippen LogP contribution in [-0.2, 0) is 17.6 Å². The highest BCUT2D eigenvalue weighted by molar-refractivity contribution is 7.15. The molecule has 0 aromatic carbocycles. The largest absolute Gasteiger partial charge is 0.302 e. The van der Waals surface area contributed by atoms with Gasteiger partial charge in [0.15, 0.2) is 5.13 Å². The number of carbonyl (C=O) groups excluding carboxylic acids is 1. The standard InChI is InChI=1S/C15H22N2OS/c1-10(11-7-8-11)9-14(18)17-15-16-12-5-3-2-4-6-13(12)19-15/h10-11H,2-9H2,1H3,(H,16,17,18). The Morgan fingerprint density at radius 2 is 2.16 bits per heavy atom. The minimum Gasteiger partial charge on any atom is -0.302 e. The molecule has 4 heteroatoms. The predicted molar refractivity (Wildman–Crippen MR) is 78.5 cm³/mol. The lowest BCUT2D eigenvalue weighted by atomic mass is 10.0. The first-order valence-electron chi connectivity index (χ1n) is 7.51. The molecule has 1 N–H and O–H groups in total. The van der Waals surface area contributed by atoms with Gasteiger partial charge in [-0.3, -0.25) is 4.79 Å². The van der Waals surface area contributed by atoms with Crippen LogP contribution in [0.25, 0.3) is 0 Å². The predicted octanol–water partition coefficient (Wildman–Crippen LogP) is 3.79. The maximum absolute atomic E-state index is 12.0. The van der Waals surface area contributed by atoms with Gasteiger partial charge in [-0.15, -0.1) is 11.3 Å². The van der Waals surface area contributed by atoms with Crippen LogP contribution in [0.15, 0.2) is 0 Å². The number of amides is 1. The minimum atomic E-state index is 0.142. The molecule has 1 aromatic heterocycles. The Morgan fingerprint density at radius 3 is 2.95 bits per heavy atom. The normalized spacial score (nSPS) is 20.5. The van der Waals surface area contributed by atoms with E-state index in [0.29, 0.717) is 12.3 Å². The molecule has 0 spiro atoms. The average molecular weight is 278 g/mol. The summed E-state index contributed by atoms with van der Waals surface area (Å²) in [4.78, 5) is 18.0. The molecule has 2 aliphatic rings. The Labute approximate surface area is 118 Å². The fraction of sp³-hybridized carbons (Fsp3) is 0.733. The first-order valence-corrected chi connectivity index (χ1v) is 8.32. The third kappa shape index (κ3) is 3.35. The molecule has 1 aromatic rings. The number of thiazole rings is 1. The van der Waals surface area contributed by atoms with Crippen LogP contribution in [0.2, 0.25) is 0 Å². The summed E-state index contributed by atoms with van der Waals surface area (Å²) < 4.78 is 0. The van der Waals surface area contributed by atoms with Crippen LogP contribution in [0.1, 0.15) is 56.0 Å². The van der Waals surface area contributed by atoms with Crippen LogP contribution < -0.4 is 5.32 Å². The van der Waals surface area contributed by atoms with Gasteiger partial charge in [0.05, 0.1) is 5.69 Å². The second-order valence-electron chi connectivity index (χ2n) is 6.02.